The van der Waals surface area contributed by atoms with Gasteiger partial charge in [0.2, 0.25) is 0 Å². The Bertz CT molecular complexity index is 458. The smallest absolute Gasteiger partial charge is 0.251 e. The number of aryl methyl sites for hydroxylation is 1. The summed E-state index contributed by atoms with van der Waals surface area (Å²) in [7, 11) is 0. The monoisotopic (exact) mass is 229 g/mol. The number of nitrogens with one attached hydrogen (secondary N) is 1. The van der Waals surface area contributed by atoms with Crippen LogP contribution in [0.1, 0.15) is 53.6 Å². The van der Waals surface area contributed by atoms with Gasteiger partial charge in [-0.2, -0.15) is 0 Å². The minimum atomic E-state index is 0.111. The van der Waals surface area contributed by atoms with Crippen molar-refractivity contribution in [1.29, 1.82) is 0 Å². The molecule has 0 bridgehead atoms. The Hall–Kier alpha value is -1.31. The van der Waals surface area contributed by atoms with Gasteiger partial charge in [-0.3, -0.25) is 4.79 Å². The van der Waals surface area contributed by atoms with E-state index < -0.39 is 0 Å². The summed E-state index contributed by atoms with van der Waals surface area (Å²) in [5.41, 5.74) is 3.77. The molecule has 1 saturated carbocycles. The molecule has 1 N–H and O–H groups in total. The lowest BCUT2D eigenvalue weighted by molar-refractivity contribution is 0.0912. The minimum absolute atomic E-state index is 0.111. The lowest BCUT2D eigenvalue weighted by atomic mass is 9.65. The molecule has 1 aromatic carbocycles. The molecule has 2 heteroatoms. The van der Waals surface area contributed by atoms with E-state index in [1.165, 1.54) is 43.2 Å². The van der Waals surface area contributed by atoms with E-state index in [0.717, 1.165) is 12.1 Å². The van der Waals surface area contributed by atoms with Crippen LogP contribution in [0.15, 0.2) is 18.2 Å². The summed E-state index contributed by atoms with van der Waals surface area (Å²) in [5, 5.41) is 3.09. The maximum Gasteiger partial charge on any atom is 0.251 e. The van der Waals surface area contributed by atoms with Crippen LogP contribution in [-0.4, -0.2) is 12.5 Å². The number of rotatable bonds is 0. The third-order valence-electron chi connectivity index (χ3n) is 4.45. The summed E-state index contributed by atoms with van der Waals surface area (Å²) >= 11 is 0. The van der Waals surface area contributed by atoms with Gasteiger partial charge in [0, 0.05) is 17.5 Å². The first kappa shape index (κ1) is 10.8. The number of hydrogen-bond acceptors (Lipinski definition) is 1. The quantitative estimate of drug-likeness (QED) is 0.728. The highest BCUT2D eigenvalue weighted by Gasteiger charge is 2.40. The second-order valence-corrected chi connectivity index (χ2v) is 5.52. The zero-order valence-electron chi connectivity index (χ0n) is 10.4. The van der Waals surface area contributed by atoms with Crippen molar-refractivity contribution in [1.82, 2.24) is 5.32 Å². The van der Waals surface area contributed by atoms with Crippen LogP contribution in [0.2, 0.25) is 0 Å². The summed E-state index contributed by atoms with van der Waals surface area (Å²) < 4.78 is 0. The molecule has 0 atom stereocenters. The van der Waals surface area contributed by atoms with Gasteiger partial charge in [0.15, 0.2) is 0 Å². The van der Waals surface area contributed by atoms with Gasteiger partial charge in [0.1, 0.15) is 0 Å². The summed E-state index contributed by atoms with van der Waals surface area (Å²) in [5.74, 6) is 0.111. The Kier molecular flexibility index (Phi) is 2.46. The van der Waals surface area contributed by atoms with Crippen LogP contribution in [0.5, 0.6) is 0 Å². The van der Waals surface area contributed by atoms with E-state index in [2.05, 4.69) is 18.3 Å². The first-order valence-corrected chi connectivity index (χ1v) is 6.61. The maximum atomic E-state index is 12.0. The van der Waals surface area contributed by atoms with E-state index in [4.69, 9.17) is 0 Å². The van der Waals surface area contributed by atoms with Crippen molar-refractivity contribution in [3.8, 4) is 0 Å². The van der Waals surface area contributed by atoms with Gasteiger partial charge in [0.05, 0.1) is 0 Å². The lowest BCUT2D eigenvalue weighted by Gasteiger charge is -2.42. The number of amides is 1. The number of carbonyl (C=O) groups excluding carboxylic acids is 1. The molecule has 1 amide bonds. The zero-order chi connectivity index (χ0) is 11.9. The Morgan fingerprint density at radius 3 is 2.71 bits per heavy atom. The molecule has 1 heterocycles. The van der Waals surface area contributed by atoms with Crippen LogP contribution in [0, 0.1) is 6.92 Å². The highest BCUT2D eigenvalue weighted by atomic mass is 16.1. The van der Waals surface area contributed by atoms with Crippen molar-refractivity contribution in [3.63, 3.8) is 0 Å². The van der Waals surface area contributed by atoms with E-state index in [9.17, 15) is 4.79 Å². The zero-order valence-corrected chi connectivity index (χ0v) is 10.4. The van der Waals surface area contributed by atoms with Gasteiger partial charge in [0.25, 0.3) is 5.91 Å². The lowest BCUT2D eigenvalue weighted by Crippen LogP contribution is -2.48. The highest BCUT2D eigenvalue weighted by Crippen LogP contribution is 2.43. The van der Waals surface area contributed by atoms with E-state index in [1.54, 1.807) is 0 Å². The van der Waals surface area contributed by atoms with Crippen molar-refractivity contribution in [2.45, 2.75) is 44.4 Å². The minimum Gasteiger partial charge on any atom is -0.351 e. The van der Waals surface area contributed by atoms with Gasteiger partial charge in [-0.15, -0.1) is 0 Å². The normalized spacial score (nSPS) is 22.1. The molecule has 1 fully saturated rings. The number of carbonyl (C=O) groups is 1. The van der Waals surface area contributed by atoms with Crippen molar-refractivity contribution >= 4 is 5.91 Å². The second-order valence-electron chi connectivity index (χ2n) is 5.52. The molecule has 1 aliphatic heterocycles. The molecule has 0 unspecified atom stereocenters. The third kappa shape index (κ3) is 1.58. The predicted molar refractivity (Wildman–Crippen MR) is 68.3 cm³/mol. The fraction of sp³-hybridized carbons (Fsp3) is 0.533. The standard InChI is InChI=1S/C15H19NO/c1-11-6-5-7-12-13(11)15(10-16-14(12)17)8-3-2-4-9-15/h5-7H,2-4,8-10H2,1H3,(H,16,17). The number of fused-ring (bicyclic) bond motifs is 2. The van der Waals surface area contributed by atoms with Gasteiger partial charge in [-0.25, -0.2) is 0 Å². The van der Waals surface area contributed by atoms with Crippen LogP contribution in [0.4, 0.5) is 0 Å². The molecule has 0 aromatic heterocycles. The Morgan fingerprint density at radius 1 is 1.18 bits per heavy atom. The Balaban J connectivity index is 2.16. The van der Waals surface area contributed by atoms with E-state index in [1.807, 2.05) is 12.1 Å². The largest absolute Gasteiger partial charge is 0.351 e. The van der Waals surface area contributed by atoms with Crippen molar-refractivity contribution in [2.24, 2.45) is 0 Å². The number of hydrogen-bond donors (Lipinski definition) is 1. The van der Waals surface area contributed by atoms with Crippen LogP contribution in [0.3, 0.4) is 0 Å². The van der Waals surface area contributed by atoms with Crippen molar-refractivity contribution in [2.75, 3.05) is 6.54 Å². The van der Waals surface area contributed by atoms with Crippen LogP contribution < -0.4 is 5.32 Å². The van der Waals surface area contributed by atoms with E-state index >= 15 is 0 Å². The number of benzene rings is 1. The average Bonchev–Trinajstić information content (AvgIpc) is 2.36. The molecule has 90 valence electrons. The first-order chi connectivity index (χ1) is 8.23. The van der Waals surface area contributed by atoms with Gasteiger partial charge >= 0.3 is 0 Å². The van der Waals surface area contributed by atoms with Crippen LogP contribution in [-0.2, 0) is 5.41 Å². The Labute approximate surface area is 102 Å². The first-order valence-electron chi connectivity index (χ1n) is 6.61. The van der Waals surface area contributed by atoms with Crippen LogP contribution >= 0.6 is 0 Å². The molecular weight excluding hydrogens is 210 g/mol. The van der Waals surface area contributed by atoms with E-state index in [-0.39, 0.29) is 11.3 Å². The molecule has 2 aliphatic rings. The van der Waals surface area contributed by atoms with E-state index in [0.29, 0.717) is 0 Å². The summed E-state index contributed by atoms with van der Waals surface area (Å²) in [4.78, 5) is 12.0. The molecule has 1 spiro atoms. The predicted octanol–water partition coefficient (Wildman–Crippen LogP) is 2.94. The average molecular weight is 229 g/mol. The summed E-state index contributed by atoms with van der Waals surface area (Å²) in [6, 6.07) is 6.12. The Morgan fingerprint density at radius 2 is 1.94 bits per heavy atom. The fourth-order valence-electron chi connectivity index (χ4n) is 3.65. The van der Waals surface area contributed by atoms with Gasteiger partial charge in [-0.1, -0.05) is 31.4 Å². The van der Waals surface area contributed by atoms with Gasteiger partial charge in [-0.05, 0) is 37.0 Å². The molecular formula is C15H19NO. The SMILES string of the molecule is Cc1cccc2c1C1(CCCCC1)CNC2=O. The molecule has 2 nitrogen and oxygen atoms in total. The highest BCUT2D eigenvalue weighted by molar-refractivity contribution is 5.97. The molecule has 0 radical (unpaired) electrons. The molecule has 0 saturated heterocycles. The molecule has 1 aromatic rings. The third-order valence-corrected chi connectivity index (χ3v) is 4.45. The maximum absolute atomic E-state index is 12.0. The van der Waals surface area contributed by atoms with Crippen LogP contribution in [0.25, 0.3) is 0 Å². The molecule has 17 heavy (non-hydrogen) atoms. The topological polar surface area (TPSA) is 29.1 Å². The van der Waals surface area contributed by atoms with Crippen molar-refractivity contribution in [3.05, 3.63) is 34.9 Å². The summed E-state index contributed by atoms with van der Waals surface area (Å²) in [6.07, 6.45) is 6.39. The second kappa shape index (κ2) is 3.86. The summed E-state index contributed by atoms with van der Waals surface area (Å²) in [6.45, 7) is 2.98. The van der Waals surface area contributed by atoms with Gasteiger partial charge < -0.3 is 5.32 Å². The molecule has 1 aliphatic carbocycles. The molecule has 3 rings (SSSR count). The fourth-order valence-corrected chi connectivity index (χ4v) is 3.65. The van der Waals surface area contributed by atoms with Crippen molar-refractivity contribution < 1.29 is 4.79 Å².